The standard InChI is InChI=1S/2C14H24.C9H18.C8H16.C7H14/c1-4-14-8-10-5-11(9-14)7-12(6-10)13(14,2)3;1-4-12-10-5-9-6-11(8-10)14(2,3)13(12)7-9;1-4-8-6-5-7-9(8,2)3;1-4-7-5-6-8(7,2)3;1-4-6-5-7(6,2)3/h10-12H,4-9H2,1-3H3;9-13H,4-8H2,1-3H3;8H,4-7H2,1-3H3;7H,4-6H2,1-3H3;6H,4-5H2,1-3H3. The molecule has 11 saturated carbocycles. The molecule has 8 bridgehead atoms. The Kier molecular flexibility index (Phi) is 13.4. The molecule has 11 rings (SSSR count). The summed E-state index contributed by atoms with van der Waals surface area (Å²) in [6.07, 6.45) is 29.9. The third-order valence-electron chi connectivity index (χ3n) is 20.3. The van der Waals surface area contributed by atoms with Gasteiger partial charge in [-0.15, -0.1) is 0 Å². The average Bonchev–Trinajstić information content (AvgIpc) is 3.56. The molecule has 0 spiro atoms. The van der Waals surface area contributed by atoms with E-state index in [1.54, 1.807) is 57.8 Å². The highest BCUT2D eigenvalue weighted by molar-refractivity contribution is 5.10. The van der Waals surface area contributed by atoms with E-state index in [9.17, 15) is 0 Å². The van der Waals surface area contributed by atoms with Crippen molar-refractivity contribution >= 4 is 0 Å². The maximum Gasteiger partial charge on any atom is -0.0241 e. The van der Waals surface area contributed by atoms with Crippen molar-refractivity contribution in [3.63, 3.8) is 0 Å². The summed E-state index contributed by atoms with van der Waals surface area (Å²) in [6, 6.07) is 0. The zero-order valence-corrected chi connectivity index (χ0v) is 38.5. The van der Waals surface area contributed by atoms with Crippen molar-refractivity contribution in [2.24, 2.45) is 97.6 Å². The predicted molar refractivity (Wildman–Crippen MR) is 230 cm³/mol. The Hall–Kier alpha value is 0. The molecule has 10 atom stereocenters. The van der Waals surface area contributed by atoms with Crippen molar-refractivity contribution in [2.45, 2.75) is 232 Å². The van der Waals surface area contributed by atoms with Crippen molar-refractivity contribution in [1.29, 1.82) is 0 Å². The molecule has 11 aliphatic carbocycles. The van der Waals surface area contributed by atoms with Gasteiger partial charge in [-0.25, -0.2) is 0 Å². The van der Waals surface area contributed by atoms with Gasteiger partial charge in [-0.05, 0) is 194 Å². The fourth-order valence-electron chi connectivity index (χ4n) is 15.8. The first-order valence-corrected chi connectivity index (χ1v) is 24.2. The molecule has 0 saturated heterocycles. The molecule has 0 amide bonds. The molecule has 10 unspecified atom stereocenters. The molecule has 11 aliphatic rings. The number of rotatable bonds is 5. The van der Waals surface area contributed by atoms with Crippen molar-refractivity contribution in [2.75, 3.05) is 0 Å². The summed E-state index contributed by atoms with van der Waals surface area (Å²) in [5.41, 5.74) is 4.13. The Morgan fingerprint density at radius 2 is 1.00 bits per heavy atom. The molecule has 0 radical (unpaired) electrons. The van der Waals surface area contributed by atoms with Crippen LogP contribution in [0.5, 0.6) is 0 Å². The summed E-state index contributed by atoms with van der Waals surface area (Å²) in [5.74, 6) is 11.9. The van der Waals surface area contributed by atoms with Crippen LogP contribution < -0.4 is 0 Å². The fourth-order valence-corrected chi connectivity index (χ4v) is 15.8. The third-order valence-corrected chi connectivity index (χ3v) is 20.3. The Morgan fingerprint density at radius 3 is 1.37 bits per heavy atom. The Bertz CT molecular complexity index is 1110. The zero-order chi connectivity index (χ0) is 38.5. The molecule has 0 aromatic heterocycles. The van der Waals surface area contributed by atoms with Crippen molar-refractivity contribution in [3.05, 3.63) is 0 Å². The first kappa shape index (κ1) is 43.1. The molecule has 0 aliphatic heterocycles. The second kappa shape index (κ2) is 16.1. The lowest BCUT2D eigenvalue weighted by molar-refractivity contribution is -0.161. The molecule has 0 N–H and O–H groups in total. The van der Waals surface area contributed by atoms with Gasteiger partial charge in [0.1, 0.15) is 0 Å². The zero-order valence-electron chi connectivity index (χ0n) is 38.5. The van der Waals surface area contributed by atoms with Gasteiger partial charge >= 0.3 is 0 Å². The largest absolute Gasteiger partial charge is 0.0651 e. The summed E-state index contributed by atoms with van der Waals surface area (Å²) < 4.78 is 0. The van der Waals surface area contributed by atoms with Crippen LogP contribution in [0.3, 0.4) is 0 Å². The molecule has 304 valence electrons. The Labute approximate surface area is 328 Å². The molecule has 0 aromatic carbocycles. The first-order valence-electron chi connectivity index (χ1n) is 24.2. The minimum absolute atomic E-state index is 0.648. The van der Waals surface area contributed by atoms with Gasteiger partial charge in [0.05, 0.1) is 0 Å². The van der Waals surface area contributed by atoms with Gasteiger partial charge in [-0.1, -0.05) is 136 Å². The van der Waals surface area contributed by atoms with E-state index in [0.29, 0.717) is 21.7 Å². The van der Waals surface area contributed by atoms with E-state index in [2.05, 4.69) is 104 Å². The van der Waals surface area contributed by atoms with Crippen LogP contribution in [0.25, 0.3) is 0 Å². The van der Waals surface area contributed by atoms with Crippen LogP contribution in [0.15, 0.2) is 0 Å². The Morgan fingerprint density at radius 1 is 0.462 bits per heavy atom. The lowest BCUT2D eigenvalue weighted by Crippen LogP contribution is -2.57. The Balaban J connectivity index is 0.000000130. The molecular weight excluding hydrogens is 625 g/mol. The molecular formula is C52H96. The summed E-state index contributed by atoms with van der Waals surface area (Å²) in [4.78, 5) is 0. The maximum atomic E-state index is 2.57. The van der Waals surface area contributed by atoms with Crippen LogP contribution in [-0.4, -0.2) is 0 Å². The molecule has 0 heteroatoms. The fraction of sp³-hybridized carbons (Fsp3) is 1.00. The highest BCUT2D eigenvalue weighted by atomic mass is 14.6. The van der Waals surface area contributed by atoms with Crippen molar-refractivity contribution < 1.29 is 0 Å². The lowest BCUT2D eigenvalue weighted by Gasteiger charge is -2.66. The van der Waals surface area contributed by atoms with E-state index < -0.39 is 0 Å². The average molecular weight is 721 g/mol. The minimum Gasteiger partial charge on any atom is -0.0651 e. The van der Waals surface area contributed by atoms with Gasteiger partial charge < -0.3 is 0 Å². The number of hydrogen-bond acceptors (Lipinski definition) is 0. The number of hydrogen-bond donors (Lipinski definition) is 0. The molecule has 0 heterocycles. The van der Waals surface area contributed by atoms with Crippen molar-refractivity contribution in [1.82, 2.24) is 0 Å². The van der Waals surface area contributed by atoms with Crippen LogP contribution in [-0.2, 0) is 0 Å². The van der Waals surface area contributed by atoms with E-state index in [1.807, 2.05) is 0 Å². The second-order valence-corrected chi connectivity index (χ2v) is 24.6. The second-order valence-electron chi connectivity index (χ2n) is 24.6. The van der Waals surface area contributed by atoms with Gasteiger partial charge in [0.25, 0.3) is 0 Å². The molecule has 52 heavy (non-hydrogen) atoms. The lowest BCUT2D eigenvalue weighted by atomic mass is 9.39. The minimum atomic E-state index is 0.648. The topological polar surface area (TPSA) is 0 Å². The van der Waals surface area contributed by atoms with E-state index in [4.69, 9.17) is 0 Å². The summed E-state index contributed by atoms with van der Waals surface area (Å²) in [5, 5.41) is 0. The maximum absolute atomic E-state index is 2.57. The predicted octanol–water partition coefficient (Wildman–Crippen LogP) is 16.9. The quantitative estimate of drug-likeness (QED) is 0.265. The third kappa shape index (κ3) is 8.62. The molecule has 0 aromatic rings. The van der Waals surface area contributed by atoms with Crippen LogP contribution in [0.2, 0.25) is 0 Å². The van der Waals surface area contributed by atoms with Crippen LogP contribution in [0.4, 0.5) is 0 Å². The van der Waals surface area contributed by atoms with E-state index >= 15 is 0 Å². The van der Waals surface area contributed by atoms with Crippen LogP contribution >= 0.6 is 0 Å². The van der Waals surface area contributed by atoms with E-state index in [-0.39, 0.29) is 0 Å². The SMILES string of the molecule is CCC12CC3CC(CC(C3)C1(C)C)C2.CCC1C2CC3CC(C2)C(C)(C)C1C3.CCC1CC1(C)C.CCC1CCC1(C)C.CCC1CCCC1(C)C. The smallest absolute Gasteiger partial charge is 0.0241 e. The van der Waals surface area contributed by atoms with E-state index in [1.165, 1.54) is 70.6 Å². The van der Waals surface area contributed by atoms with Gasteiger partial charge in [-0.2, -0.15) is 0 Å². The van der Waals surface area contributed by atoms with Gasteiger partial charge in [0.2, 0.25) is 0 Å². The van der Waals surface area contributed by atoms with Gasteiger partial charge in [0.15, 0.2) is 0 Å². The summed E-state index contributed by atoms with van der Waals surface area (Å²) in [6.45, 7) is 36.3. The normalized spacial score (nSPS) is 44.7. The van der Waals surface area contributed by atoms with Crippen LogP contribution in [0.1, 0.15) is 232 Å². The summed E-state index contributed by atoms with van der Waals surface area (Å²) >= 11 is 0. The summed E-state index contributed by atoms with van der Waals surface area (Å²) in [7, 11) is 0. The monoisotopic (exact) mass is 721 g/mol. The van der Waals surface area contributed by atoms with Gasteiger partial charge in [-0.3, -0.25) is 0 Å². The van der Waals surface area contributed by atoms with E-state index in [0.717, 1.165) is 75.9 Å². The highest BCUT2D eigenvalue weighted by Gasteiger charge is 2.60. The molecule has 0 nitrogen and oxygen atoms in total. The van der Waals surface area contributed by atoms with Crippen molar-refractivity contribution in [3.8, 4) is 0 Å². The molecule has 11 fully saturated rings. The highest BCUT2D eigenvalue weighted by Crippen LogP contribution is 2.69. The first-order chi connectivity index (χ1) is 24.2. The van der Waals surface area contributed by atoms with Gasteiger partial charge in [0, 0.05) is 0 Å². The van der Waals surface area contributed by atoms with Crippen LogP contribution in [0, 0.1) is 97.6 Å².